The molecule has 0 spiro atoms. The minimum absolute atomic E-state index is 0.0475. The Bertz CT molecular complexity index is 343. The first-order valence-electron chi connectivity index (χ1n) is 4.87. The molecule has 1 unspecified atom stereocenters. The predicted octanol–water partition coefficient (Wildman–Crippen LogP) is 2.09. The molecule has 1 rings (SSSR count). The Kier molecular flexibility index (Phi) is 5.97. The van der Waals surface area contributed by atoms with Crippen LogP contribution in [0.2, 0.25) is 0 Å². The zero-order valence-corrected chi connectivity index (χ0v) is 11.3. The Morgan fingerprint density at radius 2 is 2.38 bits per heavy atom. The van der Waals surface area contributed by atoms with E-state index in [1.54, 1.807) is 18.3 Å². The first-order valence-corrected chi connectivity index (χ1v) is 6.48. The SMILES string of the molecule is CCOC(=O)COCC(N)c1ccc(Br)s1. The molecule has 0 aliphatic heterocycles. The second kappa shape index (κ2) is 7.01. The van der Waals surface area contributed by atoms with Crippen LogP contribution in [0.15, 0.2) is 15.9 Å². The fraction of sp³-hybridized carbons (Fsp3) is 0.500. The number of carbonyl (C=O) groups is 1. The molecule has 0 saturated heterocycles. The van der Waals surface area contributed by atoms with Crippen molar-refractivity contribution in [3.63, 3.8) is 0 Å². The molecule has 4 nitrogen and oxygen atoms in total. The van der Waals surface area contributed by atoms with Crippen molar-refractivity contribution in [2.45, 2.75) is 13.0 Å². The van der Waals surface area contributed by atoms with E-state index in [4.69, 9.17) is 15.2 Å². The Labute approximate surface area is 107 Å². The number of esters is 1. The van der Waals surface area contributed by atoms with Crippen LogP contribution in [-0.4, -0.2) is 25.8 Å². The fourth-order valence-electron chi connectivity index (χ4n) is 1.08. The van der Waals surface area contributed by atoms with E-state index < -0.39 is 0 Å². The second-order valence-corrected chi connectivity index (χ2v) is 5.56. The second-order valence-electron chi connectivity index (χ2n) is 3.07. The van der Waals surface area contributed by atoms with Gasteiger partial charge in [0.2, 0.25) is 0 Å². The quantitative estimate of drug-likeness (QED) is 0.818. The van der Waals surface area contributed by atoms with Crippen LogP contribution >= 0.6 is 27.3 Å². The molecule has 0 bridgehead atoms. The van der Waals surface area contributed by atoms with Crippen molar-refractivity contribution in [1.82, 2.24) is 0 Å². The van der Waals surface area contributed by atoms with Gasteiger partial charge in [0.25, 0.3) is 0 Å². The summed E-state index contributed by atoms with van der Waals surface area (Å²) in [5.74, 6) is -0.359. The lowest BCUT2D eigenvalue weighted by atomic mass is 10.3. The van der Waals surface area contributed by atoms with Crippen LogP contribution in [-0.2, 0) is 14.3 Å². The maximum Gasteiger partial charge on any atom is 0.332 e. The molecule has 1 atom stereocenters. The zero-order valence-electron chi connectivity index (χ0n) is 8.94. The summed E-state index contributed by atoms with van der Waals surface area (Å²) < 4.78 is 10.9. The van der Waals surface area contributed by atoms with Gasteiger partial charge in [0.05, 0.1) is 23.0 Å². The van der Waals surface area contributed by atoms with E-state index in [1.165, 1.54) is 0 Å². The van der Waals surface area contributed by atoms with Gasteiger partial charge in [-0.15, -0.1) is 11.3 Å². The van der Waals surface area contributed by atoms with Crippen LogP contribution < -0.4 is 5.73 Å². The average molecular weight is 308 g/mol. The van der Waals surface area contributed by atoms with E-state index in [0.717, 1.165) is 8.66 Å². The largest absolute Gasteiger partial charge is 0.464 e. The van der Waals surface area contributed by atoms with Crippen LogP contribution in [0.4, 0.5) is 0 Å². The third-order valence-corrected chi connectivity index (χ3v) is 3.54. The van der Waals surface area contributed by atoms with Crippen molar-refractivity contribution in [2.24, 2.45) is 5.73 Å². The number of rotatable bonds is 6. The average Bonchev–Trinajstić information content (AvgIpc) is 2.65. The molecular formula is C10H14BrNO3S. The van der Waals surface area contributed by atoms with Gasteiger partial charge < -0.3 is 15.2 Å². The van der Waals surface area contributed by atoms with E-state index in [0.29, 0.717) is 13.2 Å². The van der Waals surface area contributed by atoms with Crippen LogP contribution in [0, 0.1) is 0 Å². The predicted molar refractivity (Wildman–Crippen MR) is 66.4 cm³/mol. The number of nitrogens with two attached hydrogens (primary N) is 1. The van der Waals surface area contributed by atoms with Gasteiger partial charge in [0.1, 0.15) is 6.61 Å². The summed E-state index contributed by atoms with van der Waals surface area (Å²) in [5.41, 5.74) is 5.88. The molecule has 0 saturated carbocycles. The molecule has 0 aliphatic carbocycles. The number of hydrogen-bond acceptors (Lipinski definition) is 5. The lowest BCUT2D eigenvalue weighted by Gasteiger charge is -2.09. The molecule has 0 fully saturated rings. The smallest absolute Gasteiger partial charge is 0.332 e. The lowest BCUT2D eigenvalue weighted by Crippen LogP contribution is -2.20. The molecule has 1 aromatic heterocycles. The van der Waals surface area contributed by atoms with Crippen LogP contribution in [0.1, 0.15) is 17.8 Å². The zero-order chi connectivity index (χ0) is 12.0. The summed E-state index contributed by atoms with van der Waals surface area (Å²) in [4.78, 5) is 12.0. The highest BCUT2D eigenvalue weighted by Crippen LogP contribution is 2.26. The third-order valence-electron chi connectivity index (χ3n) is 1.78. The van der Waals surface area contributed by atoms with Crippen molar-refractivity contribution >= 4 is 33.2 Å². The molecule has 1 heterocycles. The molecular weight excluding hydrogens is 294 g/mol. The van der Waals surface area contributed by atoms with Crippen molar-refractivity contribution in [1.29, 1.82) is 0 Å². The number of ether oxygens (including phenoxy) is 2. The first kappa shape index (κ1) is 13.6. The monoisotopic (exact) mass is 307 g/mol. The van der Waals surface area contributed by atoms with Gasteiger partial charge >= 0.3 is 5.97 Å². The normalized spacial score (nSPS) is 12.4. The minimum Gasteiger partial charge on any atom is -0.464 e. The fourth-order valence-corrected chi connectivity index (χ4v) is 2.49. The van der Waals surface area contributed by atoms with E-state index in [9.17, 15) is 4.79 Å². The molecule has 2 N–H and O–H groups in total. The highest BCUT2D eigenvalue weighted by molar-refractivity contribution is 9.11. The van der Waals surface area contributed by atoms with Crippen molar-refractivity contribution in [3.8, 4) is 0 Å². The van der Waals surface area contributed by atoms with Crippen LogP contribution in [0.5, 0.6) is 0 Å². The van der Waals surface area contributed by atoms with Crippen LogP contribution in [0.25, 0.3) is 0 Å². The number of thiophene rings is 1. The van der Waals surface area contributed by atoms with E-state index >= 15 is 0 Å². The molecule has 90 valence electrons. The highest BCUT2D eigenvalue weighted by atomic mass is 79.9. The summed E-state index contributed by atoms with van der Waals surface area (Å²) >= 11 is 4.92. The van der Waals surface area contributed by atoms with Gasteiger partial charge in [0, 0.05) is 4.88 Å². The molecule has 6 heteroatoms. The number of halogens is 1. The van der Waals surface area contributed by atoms with Crippen molar-refractivity contribution in [3.05, 3.63) is 20.8 Å². The highest BCUT2D eigenvalue weighted by Gasteiger charge is 2.10. The standard InChI is InChI=1S/C10H14BrNO3S/c1-2-15-10(13)6-14-5-7(12)8-3-4-9(11)16-8/h3-4,7H,2,5-6,12H2,1H3. The molecule has 0 amide bonds. The first-order chi connectivity index (χ1) is 7.63. The van der Waals surface area contributed by atoms with Crippen molar-refractivity contribution < 1.29 is 14.3 Å². The summed E-state index contributed by atoms with van der Waals surface area (Å²) in [5, 5.41) is 0. The van der Waals surface area contributed by atoms with E-state index in [1.807, 2.05) is 12.1 Å². The topological polar surface area (TPSA) is 61.5 Å². The van der Waals surface area contributed by atoms with Gasteiger partial charge in [0.15, 0.2) is 0 Å². The minimum atomic E-state index is -0.359. The summed E-state index contributed by atoms with van der Waals surface area (Å²) in [6, 6.07) is 3.67. The Morgan fingerprint density at radius 3 is 2.94 bits per heavy atom. The molecule has 0 radical (unpaired) electrons. The maximum atomic E-state index is 11.0. The number of hydrogen-bond donors (Lipinski definition) is 1. The van der Waals surface area contributed by atoms with Gasteiger partial charge in [-0.25, -0.2) is 4.79 Å². The summed E-state index contributed by atoms with van der Waals surface area (Å²) in [6.45, 7) is 2.39. The van der Waals surface area contributed by atoms with Crippen molar-refractivity contribution in [2.75, 3.05) is 19.8 Å². The molecule has 16 heavy (non-hydrogen) atoms. The molecule has 0 aliphatic rings. The Morgan fingerprint density at radius 1 is 1.62 bits per heavy atom. The maximum absolute atomic E-state index is 11.0. The van der Waals surface area contributed by atoms with E-state index in [2.05, 4.69) is 15.9 Å². The van der Waals surface area contributed by atoms with Gasteiger partial charge in [-0.05, 0) is 35.0 Å². The summed E-state index contributed by atoms with van der Waals surface area (Å²) in [7, 11) is 0. The molecule has 1 aromatic rings. The third kappa shape index (κ3) is 4.61. The Hall–Kier alpha value is -0.430. The van der Waals surface area contributed by atoms with Gasteiger partial charge in [-0.3, -0.25) is 0 Å². The van der Waals surface area contributed by atoms with E-state index in [-0.39, 0.29) is 18.6 Å². The lowest BCUT2D eigenvalue weighted by molar-refractivity contribution is -0.148. The Balaban J connectivity index is 2.25. The van der Waals surface area contributed by atoms with Gasteiger partial charge in [-0.2, -0.15) is 0 Å². The summed E-state index contributed by atoms with van der Waals surface area (Å²) in [6.07, 6.45) is 0. The van der Waals surface area contributed by atoms with Gasteiger partial charge in [-0.1, -0.05) is 0 Å². The molecule has 0 aromatic carbocycles. The number of carbonyl (C=O) groups excluding carboxylic acids is 1. The van der Waals surface area contributed by atoms with Crippen LogP contribution in [0.3, 0.4) is 0 Å².